The number of halogens is 2. The number of hydrogen-bond donors (Lipinski definition) is 0. The molecule has 3 aromatic rings. The summed E-state index contributed by atoms with van der Waals surface area (Å²) in [4.78, 5) is 8.24. The molecule has 0 atom stereocenters. The Labute approximate surface area is 106 Å². The van der Waals surface area contributed by atoms with E-state index in [0.29, 0.717) is 10.8 Å². The van der Waals surface area contributed by atoms with E-state index in [0.717, 1.165) is 16.5 Å². The van der Waals surface area contributed by atoms with E-state index in [-0.39, 0.29) is 5.35 Å². The molecule has 17 heavy (non-hydrogen) atoms. The number of benzene rings is 1. The van der Waals surface area contributed by atoms with Crippen molar-refractivity contribution in [2.75, 3.05) is 0 Å². The molecule has 0 N–H and O–H groups in total. The third-order valence-electron chi connectivity index (χ3n) is 2.36. The van der Waals surface area contributed by atoms with E-state index in [1.165, 1.54) is 0 Å². The minimum atomic E-state index is -0.000897. The van der Waals surface area contributed by atoms with Gasteiger partial charge in [0.1, 0.15) is 0 Å². The van der Waals surface area contributed by atoms with Gasteiger partial charge in [-0.1, -0.05) is 16.8 Å². The van der Waals surface area contributed by atoms with Crippen molar-refractivity contribution in [3.63, 3.8) is 0 Å². The lowest BCUT2D eigenvalue weighted by Gasteiger charge is -2.02. The molecule has 2 heterocycles. The molecule has 3 rings (SSSR count). The van der Waals surface area contributed by atoms with Crippen LogP contribution in [0.5, 0.6) is 0 Å². The second-order valence-electron chi connectivity index (χ2n) is 3.37. The molecular formula is C11H5Cl2N3O. The van der Waals surface area contributed by atoms with Crippen molar-refractivity contribution >= 4 is 34.1 Å². The lowest BCUT2D eigenvalue weighted by Crippen LogP contribution is -1.87. The molecule has 0 saturated carbocycles. The van der Waals surface area contributed by atoms with Crippen LogP contribution in [0.15, 0.2) is 35.0 Å². The van der Waals surface area contributed by atoms with Crippen molar-refractivity contribution < 1.29 is 4.52 Å². The van der Waals surface area contributed by atoms with Crippen molar-refractivity contribution in [1.29, 1.82) is 0 Å². The van der Waals surface area contributed by atoms with Gasteiger partial charge in [0.15, 0.2) is 0 Å². The molecular weight excluding hydrogens is 261 g/mol. The van der Waals surface area contributed by atoms with Crippen LogP contribution in [0.2, 0.25) is 10.4 Å². The summed E-state index contributed by atoms with van der Waals surface area (Å²) in [7, 11) is 0. The van der Waals surface area contributed by atoms with Gasteiger partial charge in [-0.05, 0) is 35.9 Å². The number of fused-ring (bicyclic) bond motifs is 1. The topological polar surface area (TPSA) is 51.8 Å². The van der Waals surface area contributed by atoms with Crippen LogP contribution in [0.1, 0.15) is 0 Å². The molecule has 0 radical (unpaired) electrons. The summed E-state index contributed by atoms with van der Waals surface area (Å²) in [5.41, 5.74) is 1.46. The van der Waals surface area contributed by atoms with Gasteiger partial charge in [0.05, 0.1) is 10.5 Å². The van der Waals surface area contributed by atoms with E-state index in [4.69, 9.17) is 27.7 Å². The van der Waals surface area contributed by atoms with Gasteiger partial charge >= 0.3 is 5.35 Å². The number of nitrogens with zero attached hydrogens (tertiary/aromatic N) is 3. The molecule has 84 valence electrons. The number of hydrogen-bond acceptors (Lipinski definition) is 4. The molecule has 0 aliphatic carbocycles. The van der Waals surface area contributed by atoms with E-state index in [9.17, 15) is 0 Å². The van der Waals surface area contributed by atoms with Crippen LogP contribution in [0.4, 0.5) is 0 Å². The Bertz CT molecular complexity index is 696. The smallest absolute Gasteiger partial charge is 0.320 e. The number of rotatable bonds is 1. The molecule has 0 spiro atoms. The van der Waals surface area contributed by atoms with Gasteiger partial charge < -0.3 is 4.52 Å². The molecule has 0 aliphatic rings. The maximum absolute atomic E-state index is 6.09. The Kier molecular flexibility index (Phi) is 2.46. The first-order chi connectivity index (χ1) is 8.25. The Hall–Kier alpha value is -1.65. The van der Waals surface area contributed by atoms with E-state index < -0.39 is 0 Å². The molecule has 0 unspecified atom stereocenters. The van der Waals surface area contributed by atoms with Crippen LogP contribution in [0, 0.1) is 0 Å². The van der Waals surface area contributed by atoms with Crippen LogP contribution in [0.25, 0.3) is 22.3 Å². The Morgan fingerprint density at radius 2 is 2.00 bits per heavy atom. The van der Waals surface area contributed by atoms with Gasteiger partial charge in [-0.25, -0.2) is 0 Å². The highest BCUT2D eigenvalue weighted by atomic mass is 35.5. The predicted molar refractivity (Wildman–Crippen MR) is 65.1 cm³/mol. The van der Waals surface area contributed by atoms with Gasteiger partial charge in [-0.2, -0.15) is 4.98 Å². The first-order valence-corrected chi connectivity index (χ1v) is 5.54. The van der Waals surface area contributed by atoms with Crippen LogP contribution >= 0.6 is 23.2 Å². The van der Waals surface area contributed by atoms with Crippen LogP contribution in [-0.2, 0) is 0 Å². The van der Waals surface area contributed by atoms with Crippen molar-refractivity contribution in [1.82, 2.24) is 15.1 Å². The monoisotopic (exact) mass is 265 g/mol. The quantitative estimate of drug-likeness (QED) is 0.675. The van der Waals surface area contributed by atoms with Gasteiger partial charge in [0, 0.05) is 17.1 Å². The molecule has 4 nitrogen and oxygen atoms in total. The summed E-state index contributed by atoms with van der Waals surface area (Å²) < 4.78 is 4.74. The van der Waals surface area contributed by atoms with Crippen LogP contribution in [-0.4, -0.2) is 15.1 Å². The van der Waals surface area contributed by atoms with E-state index in [1.54, 1.807) is 18.3 Å². The van der Waals surface area contributed by atoms with Crippen molar-refractivity contribution in [2.45, 2.75) is 0 Å². The fourth-order valence-corrected chi connectivity index (χ4v) is 1.96. The zero-order valence-electron chi connectivity index (χ0n) is 8.39. The minimum absolute atomic E-state index is 0.000897. The summed E-state index contributed by atoms with van der Waals surface area (Å²) in [5.74, 6) is 0.398. The first kappa shape index (κ1) is 10.5. The van der Waals surface area contributed by atoms with Crippen LogP contribution in [0.3, 0.4) is 0 Å². The van der Waals surface area contributed by atoms with Crippen molar-refractivity contribution in [3.05, 3.63) is 40.8 Å². The molecule has 0 aliphatic heterocycles. The summed E-state index contributed by atoms with van der Waals surface area (Å²) in [5, 5.41) is 5.24. The highest BCUT2D eigenvalue weighted by molar-refractivity contribution is 6.35. The average molecular weight is 266 g/mol. The zero-order valence-corrected chi connectivity index (χ0v) is 9.90. The summed E-state index contributed by atoms with van der Waals surface area (Å²) in [6.07, 6.45) is 1.68. The van der Waals surface area contributed by atoms with Crippen molar-refractivity contribution in [3.8, 4) is 11.4 Å². The Balaban J connectivity index is 2.34. The van der Waals surface area contributed by atoms with E-state index in [2.05, 4.69) is 15.1 Å². The number of aromatic nitrogens is 3. The van der Waals surface area contributed by atoms with Crippen molar-refractivity contribution in [2.24, 2.45) is 0 Å². The summed E-state index contributed by atoms with van der Waals surface area (Å²) >= 11 is 11.7. The minimum Gasteiger partial charge on any atom is -0.321 e. The lowest BCUT2D eigenvalue weighted by molar-refractivity contribution is 0.421. The maximum Gasteiger partial charge on any atom is 0.320 e. The maximum atomic E-state index is 6.09. The third kappa shape index (κ3) is 1.75. The third-order valence-corrected chi connectivity index (χ3v) is 2.84. The normalized spacial score (nSPS) is 10.9. The largest absolute Gasteiger partial charge is 0.321 e. The zero-order chi connectivity index (χ0) is 11.8. The second kappa shape index (κ2) is 3.98. The predicted octanol–water partition coefficient (Wildman–Crippen LogP) is 3.59. The average Bonchev–Trinajstić information content (AvgIpc) is 2.77. The molecule has 0 fully saturated rings. The molecule has 1 aromatic carbocycles. The fourth-order valence-electron chi connectivity index (χ4n) is 1.63. The van der Waals surface area contributed by atoms with Gasteiger partial charge in [0.2, 0.25) is 5.82 Å². The Morgan fingerprint density at radius 1 is 1.12 bits per heavy atom. The highest BCUT2D eigenvalue weighted by Gasteiger charge is 2.12. The van der Waals surface area contributed by atoms with Crippen LogP contribution < -0.4 is 0 Å². The first-order valence-electron chi connectivity index (χ1n) is 4.78. The second-order valence-corrected chi connectivity index (χ2v) is 4.10. The van der Waals surface area contributed by atoms with E-state index in [1.807, 2.05) is 12.1 Å². The van der Waals surface area contributed by atoms with Gasteiger partial charge in [0.25, 0.3) is 0 Å². The lowest BCUT2D eigenvalue weighted by atomic mass is 10.1. The summed E-state index contributed by atoms with van der Waals surface area (Å²) in [6.45, 7) is 0. The molecule has 2 aromatic heterocycles. The number of pyridine rings is 1. The summed E-state index contributed by atoms with van der Waals surface area (Å²) in [6, 6.07) is 7.26. The fraction of sp³-hybridized carbons (Fsp3) is 0. The Morgan fingerprint density at radius 3 is 2.76 bits per heavy atom. The highest BCUT2D eigenvalue weighted by Crippen LogP contribution is 2.30. The molecule has 0 bridgehead atoms. The van der Waals surface area contributed by atoms with Gasteiger partial charge in [-0.15, -0.1) is 0 Å². The standard InChI is InChI=1S/C11H5Cl2N3O/c12-8-4-3-7(10-15-11(13)17-16-10)9-6(8)2-1-5-14-9/h1-5H. The SMILES string of the molecule is Clc1nc(-c2ccc(Cl)c3cccnc23)no1. The molecule has 0 saturated heterocycles. The van der Waals surface area contributed by atoms with Gasteiger partial charge in [-0.3, -0.25) is 4.98 Å². The molecule has 0 amide bonds. The van der Waals surface area contributed by atoms with E-state index >= 15 is 0 Å². The molecule has 6 heteroatoms.